The number of benzene rings is 1. The summed E-state index contributed by atoms with van der Waals surface area (Å²) in [6.07, 6.45) is 0.737. The van der Waals surface area contributed by atoms with Crippen LogP contribution in [0.4, 0.5) is 14.5 Å². The van der Waals surface area contributed by atoms with Gasteiger partial charge in [-0.2, -0.15) is 0 Å². The second kappa shape index (κ2) is 6.93. The van der Waals surface area contributed by atoms with Crippen molar-refractivity contribution < 1.29 is 13.6 Å². The van der Waals surface area contributed by atoms with Crippen molar-refractivity contribution in [2.45, 2.75) is 6.42 Å². The van der Waals surface area contributed by atoms with Gasteiger partial charge < -0.3 is 16.4 Å². The van der Waals surface area contributed by atoms with Crippen LogP contribution in [0.3, 0.4) is 0 Å². The first kappa shape index (κ1) is 13.5. The first-order chi connectivity index (χ1) is 8.15. The largest absolute Gasteiger partial charge is 0.330 e. The molecule has 1 aromatic rings. The van der Waals surface area contributed by atoms with Crippen LogP contribution in [-0.2, 0) is 4.79 Å². The first-order valence-electron chi connectivity index (χ1n) is 5.30. The van der Waals surface area contributed by atoms with Crippen LogP contribution >= 0.6 is 0 Å². The van der Waals surface area contributed by atoms with E-state index in [0.29, 0.717) is 13.1 Å². The van der Waals surface area contributed by atoms with Crippen molar-refractivity contribution in [2.24, 2.45) is 5.73 Å². The van der Waals surface area contributed by atoms with E-state index in [0.717, 1.165) is 18.6 Å². The van der Waals surface area contributed by atoms with Gasteiger partial charge in [0.2, 0.25) is 5.91 Å². The predicted molar refractivity (Wildman–Crippen MR) is 61.5 cm³/mol. The third-order valence-corrected chi connectivity index (χ3v) is 2.07. The molecule has 0 fully saturated rings. The molecule has 17 heavy (non-hydrogen) atoms. The van der Waals surface area contributed by atoms with Crippen LogP contribution < -0.4 is 16.4 Å². The van der Waals surface area contributed by atoms with Gasteiger partial charge in [0.05, 0.1) is 6.54 Å². The highest BCUT2D eigenvalue weighted by atomic mass is 19.1. The van der Waals surface area contributed by atoms with E-state index in [9.17, 15) is 13.6 Å². The zero-order valence-corrected chi connectivity index (χ0v) is 9.30. The highest BCUT2D eigenvalue weighted by Crippen LogP contribution is 2.17. The molecule has 1 amide bonds. The maximum absolute atomic E-state index is 13.2. The van der Waals surface area contributed by atoms with Gasteiger partial charge in [-0.3, -0.25) is 4.79 Å². The van der Waals surface area contributed by atoms with Crippen molar-refractivity contribution in [3.8, 4) is 0 Å². The quantitative estimate of drug-likeness (QED) is 0.649. The SMILES string of the molecule is NCCCNCC(=O)Nc1c(F)cccc1F. The average Bonchev–Trinajstić information content (AvgIpc) is 2.30. The number of anilines is 1. The molecule has 0 bridgehead atoms. The molecule has 6 heteroatoms. The highest BCUT2D eigenvalue weighted by molar-refractivity contribution is 5.92. The third kappa shape index (κ3) is 4.46. The molecule has 4 nitrogen and oxygen atoms in total. The Kier molecular flexibility index (Phi) is 5.51. The van der Waals surface area contributed by atoms with E-state index in [1.807, 2.05) is 0 Å². The van der Waals surface area contributed by atoms with Crippen molar-refractivity contribution in [1.29, 1.82) is 0 Å². The van der Waals surface area contributed by atoms with Crippen molar-refractivity contribution in [1.82, 2.24) is 5.32 Å². The number of carbonyl (C=O) groups excluding carboxylic acids is 1. The number of hydrogen-bond acceptors (Lipinski definition) is 3. The van der Waals surface area contributed by atoms with E-state index in [-0.39, 0.29) is 6.54 Å². The number of rotatable bonds is 6. The lowest BCUT2D eigenvalue weighted by molar-refractivity contribution is -0.115. The number of nitrogens with one attached hydrogen (secondary N) is 2. The molecule has 0 unspecified atom stereocenters. The predicted octanol–water partition coefficient (Wildman–Crippen LogP) is 0.842. The Balaban J connectivity index is 2.45. The van der Waals surface area contributed by atoms with E-state index in [1.165, 1.54) is 6.07 Å². The molecule has 0 aliphatic heterocycles. The van der Waals surface area contributed by atoms with Crippen LogP contribution in [0.1, 0.15) is 6.42 Å². The zero-order chi connectivity index (χ0) is 12.7. The molecule has 4 N–H and O–H groups in total. The molecule has 0 radical (unpaired) electrons. The summed E-state index contributed by atoms with van der Waals surface area (Å²) in [7, 11) is 0. The second-order valence-corrected chi connectivity index (χ2v) is 3.46. The molecule has 0 aromatic heterocycles. The van der Waals surface area contributed by atoms with Crippen molar-refractivity contribution in [2.75, 3.05) is 25.0 Å². The first-order valence-corrected chi connectivity index (χ1v) is 5.30. The Labute approximate surface area is 98.2 Å². The smallest absolute Gasteiger partial charge is 0.238 e. The van der Waals surface area contributed by atoms with Crippen LogP contribution in [0.25, 0.3) is 0 Å². The lowest BCUT2D eigenvalue weighted by atomic mass is 10.3. The van der Waals surface area contributed by atoms with Crippen LogP contribution in [0.5, 0.6) is 0 Å². The monoisotopic (exact) mass is 243 g/mol. The van der Waals surface area contributed by atoms with E-state index in [2.05, 4.69) is 10.6 Å². The standard InChI is InChI=1S/C11H15F2N3O/c12-8-3-1-4-9(13)11(8)16-10(17)7-15-6-2-5-14/h1,3-4,15H,2,5-7,14H2,(H,16,17). The molecule has 0 saturated heterocycles. The molecule has 0 atom stereocenters. The molecule has 0 aliphatic rings. The fourth-order valence-corrected chi connectivity index (χ4v) is 1.23. The fraction of sp³-hybridized carbons (Fsp3) is 0.364. The molecule has 0 spiro atoms. The highest BCUT2D eigenvalue weighted by Gasteiger charge is 2.10. The molecular formula is C11H15F2N3O. The van der Waals surface area contributed by atoms with Gasteiger partial charge in [-0.25, -0.2) is 8.78 Å². The fourth-order valence-electron chi connectivity index (χ4n) is 1.23. The topological polar surface area (TPSA) is 67.1 Å². The van der Waals surface area contributed by atoms with Gasteiger partial charge in [0.15, 0.2) is 0 Å². The van der Waals surface area contributed by atoms with Crippen molar-refractivity contribution in [3.63, 3.8) is 0 Å². The summed E-state index contributed by atoms with van der Waals surface area (Å²) < 4.78 is 26.3. The minimum atomic E-state index is -0.791. The summed E-state index contributed by atoms with van der Waals surface area (Å²) in [6.45, 7) is 1.11. The second-order valence-electron chi connectivity index (χ2n) is 3.46. The van der Waals surface area contributed by atoms with Gasteiger partial charge >= 0.3 is 0 Å². The van der Waals surface area contributed by atoms with E-state index in [1.54, 1.807) is 0 Å². The number of hydrogen-bond donors (Lipinski definition) is 3. The van der Waals surface area contributed by atoms with Gasteiger partial charge in [0, 0.05) is 0 Å². The normalized spacial score (nSPS) is 10.3. The Morgan fingerprint density at radius 3 is 2.53 bits per heavy atom. The van der Waals surface area contributed by atoms with Crippen molar-refractivity contribution >= 4 is 11.6 Å². The van der Waals surface area contributed by atoms with Crippen LogP contribution in [0, 0.1) is 11.6 Å². The summed E-state index contributed by atoms with van der Waals surface area (Å²) in [5.41, 5.74) is 4.85. The van der Waals surface area contributed by atoms with Gasteiger partial charge in [-0.15, -0.1) is 0 Å². The number of halogens is 2. The summed E-state index contributed by atoms with van der Waals surface area (Å²) in [5.74, 6) is -2.08. The zero-order valence-electron chi connectivity index (χ0n) is 9.30. The molecule has 0 saturated carbocycles. The van der Waals surface area contributed by atoms with Gasteiger partial charge in [-0.05, 0) is 31.6 Å². The summed E-state index contributed by atoms with van der Waals surface area (Å²) in [4.78, 5) is 11.3. The summed E-state index contributed by atoms with van der Waals surface area (Å²) >= 11 is 0. The van der Waals surface area contributed by atoms with Crippen LogP contribution in [0.15, 0.2) is 18.2 Å². The molecular weight excluding hydrogens is 228 g/mol. The molecule has 0 heterocycles. The van der Waals surface area contributed by atoms with E-state index >= 15 is 0 Å². The summed E-state index contributed by atoms with van der Waals surface area (Å²) in [6, 6.07) is 3.40. The van der Waals surface area contributed by atoms with E-state index in [4.69, 9.17) is 5.73 Å². The van der Waals surface area contributed by atoms with Crippen molar-refractivity contribution in [3.05, 3.63) is 29.8 Å². The molecule has 0 aliphatic carbocycles. The minimum absolute atomic E-state index is 0.00618. The number of para-hydroxylation sites is 1. The Bertz CT molecular complexity index is 365. The maximum Gasteiger partial charge on any atom is 0.238 e. The number of carbonyl (C=O) groups is 1. The lowest BCUT2D eigenvalue weighted by Crippen LogP contribution is -2.30. The molecule has 94 valence electrons. The van der Waals surface area contributed by atoms with Crippen LogP contribution in [0.2, 0.25) is 0 Å². The molecule has 1 aromatic carbocycles. The average molecular weight is 243 g/mol. The maximum atomic E-state index is 13.2. The minimum Gasteiger partial charge on any atom is -0.330 e. The lowest BCUT2D eigenvalue weighted by Gasteiger charge is -2.08. The molecule has 1 rings (SSSR count). The third-order valence-electron chi connectivity index (χ3n) is 2.07. The van der Waals surface area contributed by atoms with Gasteiger partial charge in [0.25, 0.3) is 0 Å². The Morgan fingerprint density at radius 1 is 1.29 bits per heavy atom. The van der Waals surface area contributed by atoms with Gasteiger partial charge in [-0.1, -0.05) is 6.07 Å². The van der Waals surface area contributed by atoms with E-state index < -0.39 is 23.2 Å². The number of nitrogens with two attached hydrogens (primary N) is 1. The Morgan fingerprint density at radius 2 is 1.94 bits per heavy atom. The van der Waals surface area contributed by atoms with Gasteiger partial charge in [0.1, 0.15) is 17.3 Å². The Hall–Kier alpha value is -1.53. The number of amides is 1. The summed E-state index contributed by atoms with van der Waals surface area (Å²) in [5, 5.41) is 4.98. The van der Waals surface area contributed by atoms with Crippen LogP contribution in [-0.4, -0.2) is 25.5 Å².